The number of piperazine rings is 1. The number of nitrogens with one attached hydrogen (secondary N) is 1. The summed E-state index contributed by atoms with van der Waals surface area (Å²) in [5.74, 6) is 1.60. The van der Waals surface area contributed by atoms with Crippen molar-refractivity contribution in [2.45, 2.75) is 33.2 Å². The Bertz CT molecular complexity index is 471. The van der Waals surface area contributed by atoms with Gasteiger partial charge in [-0.1, -0.05) is 18.5 Å². The molecule has 1 aliphatic heterocycles. The first-order valence-electron chi connectivity index (χ1n) is 7.70. The molecule has 0 spiro atoms. The molecule has 1 saturated heterocycles. The van der Waals surface area contributed by atoms with Crippen LogP contribution in [0.3, 0.4) is 0 Å². The zero-order chi connectivity index (χ0) is 15.4. The monoisotopic (exact) mass is 311 g/mol. The van der Waals surface area contributed by atoms with Crippen molar-refractivity contribution in [1.29, 1.82) is 0 Å². The van der Waals surface area contributed by atoms with E-state index in [1.165, 1.54) is 0 Å². The maximum absolute atomic E-state index is 6.22. The molecular weight excluding hydrogens is 286 g/mol. The van der Waals surface area contributed by atoms with Gasteiger partial charge in [0.25, 0.3) is 0 Å². The van der Waals surface area contributed by atoms with Crippen LogP contribution < -0.4 is 5.32 Å². The van der Waals surface area contributed by atoms with E-state index in [4.69, 9.17) is 11.6 Å². The third kappa shape index (κ3) is 4.53. The molecule has 1 N–H and O–H groups in total. The van der Waals surface area contributed by atoms with Gasteiger partial charge in [-0.15, -0.1) is 0 Å². The zero-order valence-electron chi connectivity index (χ0n) is 13.5. The second kappa shape index (κ2) is 7.38. The van der Waals surface area contributed by atoms with Gasteiger partial charge in [0.2, 0.25) is 0 Å². The molecule has 118 valence electrons. The van der Waals surface area contributed by atoms with Crippen LogP contribution in [0.15, 0.2) is 0 Å². The lowest BCUT2D eigenvalue weighted by atomic mass is 10.2. The molecule has 0 radical (unpaired) electrons. The summed E-state index contributed by atoms with van der Waals surface area (Å²) >= 11 is 6.22. The molecule has 1 aromatic rings. The predicted molar refractivity (Wildman–Crippen MR) is 88.2 cm³/mol. The molecule has 0 bridgehead atoms. The topological polar surface area (TPSA) is 44.3 Å². The molecular formula is C15H26ClN5. The summed E-state index contributed by atoms with van der Waals surface area (Å²) in [6, 6.07) is 0.337. The number of aryl methyl sites for hydroxylation is 1. The lowest BCUT2D eigenvalue weighted by molar-refractivity contribution is 0.151. The summed E-state index contributed by atoms with van der Waals surface area (Å²) in [5.41, 5.74) is 1.01. The average molecular weight is 312 g/mol. The summed E-state index contributed by atoms with van der Waals surface area (Å²) in [7, 11) is 2.18. The summed E-state index contributed by atoms with van der Waals surface area (Å²) in [5, 5.41) is 4.08. The van der Waals surface area contributed by atoms with Gasteiger partial charge in [-0.05, 0) is 27.3 Å². The number of nitrogens with zero attached hydrogens (tertiary/aromatic N) is 4. The van der Waals surface area contributed by atoms with Crippen LogP contribution in [0, 0.1) is 6.92 Å². The van der Waals surface area contributed by atoms with E-state index in [0.717, 1.165) is 50.5 Å². The zero-order valence-corrected chi connectivity index (χ0v) is 14.2. The minimum absolute atomic E-state index is 0.337. The summed E-state index contributed by atoms with van der Waals surface area (Å²) < 4.78 is 0. The highest BCUT2D eigenvalue weighted by Crippen LogP contribution is 2.22. The van der Waals surface area contributed by atoms with Crippen molar-refractivity contribution in [3.63, 3.8) is 0 Å². The van der Waals surface area contributed by atoms with Gasteiger partial charge in [-0.25, -0.2) is 9.97 Å². The van der Waals surface area contributed by atoms with Crippen LogP contribution in [0.2, 0.25) is 5.15 Å². The highest BCUT2D eigenvalue weighted by Gasteiger charge is 2.17. The van der Waals surface area contributed by atoms with Crippen molar-refractivity contribution >= 4 is 17.4 Å². The van der Waals surface area contributed by atoms with Crippen molar-refractivity contribution in [3.8, 4) is 0 Å². The van der Waals surface area contributed by atoms with E-state index in [1.54, 1.807) is 0 Å². The van der Waals surface area contributed by atoms with Crippen LogP contribution in [0.5, 0.6) is 0 Å². The van der Waals surface area contributed by atoms with E-state index in [9.17, 15) is 0 Å². The van der Waals surface area contributed by atoms with Crippen LogP contribution in [-0.4, -0.2) is 65.6 Å². The van der Waals surface area contributed by atoms with E-state index in [-0.39, 0.29) is 0 Å². The first kappa shape index (κ1) is 16.5. The first-order valence-corrected chi connectivity index (χ1v) is 8.07. The van der Waals surface area contributed by atoms with Gasteiger partial charge in [0.15, 0.2) is 0 Å². The number of rotatable bonds is 5. The Balaban J connectivity index is 1.97. The van der Waals surface area contributed by atoms with Gasteiger partial charge in [0, 0.05) is 44.3 Å². The van der Waals surface area contributed by atoms with E-state index >= 15 is 0 Å². The smallest absolute Gasteiger partial charge is 0.138 e. The fourth-order valence-corrected chi connectivity index (χ4v) is 3.04. The number of aromatic nitrogens is 2. The fraction of sp³-hybridized carbons (Fsp3) is 0.733. The Kier molecular flexibility index (Phi) is 5.79. The molecule has 0 aliphatic carbocycles. The predicted octanol–water partition coefficient (Wildman–Crippen LogP) is 2.05. The number of likely N-dealkylation sites (N-methyl/N-ethyl adjacent to an activating group) is 1. The van der Waals surface area contributed by atoms with Gasteiger partial charge in [0.05, 0.1) is 0 Å². The lowest BCUT2D eigenvalue weighted by Crippen LogP contribution is -2.47. The Morgan fingerprint density at radius 3 is 2.52 bits per heavy atom. The van der Waals surface area contributed by atoms with Gasteiger partial charge >= 0.3 is 0 Å². The van der Waals surface area contributed by atoms with Crippen LogP contribution >= 0.6 is 11.6 Å². The molecule has 2 heterocycles. The van der Waals surface area contributed by atoms with Gasteiger partial charge in [-0.2, -0.15) is 0 Å². The maximum atomic E-state index is 6.22. The normalized spacial score (nSPS) is 18.7. The molecule has 2 rings (SSSR count). The molecule has 5 nitrogen and oxygen atoms in total. The molecule has 0 saturated carbocycles. The summed E-state index contributed by atoms with van der Waals surface area (Å²) in [6.07, 6.45) is 0.836. The minimum Gasteiger partial charge on any atom is -0.366 e. The van der Waals surface area contributed by atoms with Crippen molar-refractivity contribution in [2.24, 2.45) is 0 Å². The number of hydrogen-bond donors (Lipinski definition) is 1. The lowest BCUT2D eigenvalue weighted by Gasteiger charge is -2.34. The quantitative estimate of drug-likeness (QED) is 0.843. The molecule has 1 aromatic heterocycles. The molecule has 1 fully saturated rings. The van der Waals surface area contributed by atoms with Crippen molar-refractivity contribution in [3.05, 3.63) is 16.5 Å². The number of hydrogen-bond acceptors (Lipinski definition) is 5. The third-order valence-electron chi connectivity index (χ3n) is 3.93. The summed E-state index contributed by atoms with van der Waals surface area (Å²) in [6.45, 7) is 11.7. The van der Waals surface area contributed by atoms with Crippen LogP contribution in [0.25, 0.3) is 0 Å². The third-order valence-corrected chi connectivity index (χ3v) is 4.25. The molecule has 1 unspecified atom stereocenters. The first-order chi connectivity index (χ1) is 9.99. The van der Waals surface area contributed by atoms with E-state index in [2.05, 4.69) is 46.0 Å². The number of halogens is 1. The second-order valence-electron chi connectivity index (χ2n) is 5.89. The Hall–Kier alpha value is -0.910. The van der Waals surface area contributed by atoms with Crippen molar-refractivity contribution in [1.82, 2.24) is 19.8 Å². The highest BCUT2D eigenvalue weighted by atomic mass is 35.5. The average Bonchev–Trinajstić information content (AvgIpc) is 2.41. The van der Waals surface area contributed by atoms with Crippen molar-refractivity contribution < 1.29 is 0 Å². The van der Waals surface area contributed by atoms with E-state index in [1.807, 2.05) is 6.92 Å². The molecule has 1 aliphatic rings. The van der Waals surface area contributed by atoms with Crippen molar-refractivity contribution in [2.75, 3.05) is 45.1 Å². The molecule has 0 amide bonds. The van der Waals surface area contributed by atoms with Crippen LogP contribution in [0.4, 0.5) is 5.82 Å². The van der Waals surface area contributed by atoms with Crippen LogP contribution in [0.1, 0.15) is 25.2 Å². The summed E-state index contributed by atoms with van der Waals surface area (Å²) in [4.78, 5) is 13.6. The molecule has 0 aromatic carbocycles. The largest absolute Gasteiger partial charge is 0.366 e. The minimum atomic E-state index is 0.337. The Morgan fingerprint density at radius 2 is 1.90 bits per heavy atom. The second-order valence-corrected chi connectivity index (χ2v) is 6.25. The molecule has 1 atom stereocenters. The highest BCUT2D eigenvalue weighted by molar-refractivity contribution is 6.30. The Morgan fingerprint density at radius 1 is 1.24 bits per heavy atom. The maximum Gasteiger partial charge on any atom is 0.138 e. The van der Waals surface area contributed by atoms with Gasteiger partial charge in [0.1, 0.15) is 16.8 Å². The van der Waals surface area contributed by atoms with Gasteiger partial charge in [-0.3, -0.25) is 4.90 Å². The standard InChI is InChI=1S/C15H26ClN5/c1-5-13-14(16)18-12(3)19-15(13)17-11(2)10-21-8-6-20(4)7-9-21/h11H,5-10H2,1-4H3,(H,17,18,19). The fourth-order valence-electron chi connectivity index (χ4n) is 2.69. The number of anilines is 1. The van der Waals surface area contributed by atoms with Gasteiger partial charge < -0.3 is 10.2 Å². The van der Waals surface area contributed by atoms with E-state index in [0.29, 0.717) is 17.0 Å². The Labute approximate surface area is 132 Å². The molecule has 21 heavy (non-hydrogen) atoms. The molecule has 6 heteroatoms. The van der Waals surface area contributed by atoms with E-state index < -0.39 is 0 Å². The van der Waals surface area contributed by atoms with Crippen LogP contribution in [-0.2, 0) is 6.42 Å². The SMILES string of the molecule is CCc1c(Cl)nc(C)nc1NC(C)CN1CCN(C)CC1.